The lowest BCUT2D eigenvalue weighted by atomic mass is 10.1. The minimum absolute atomic E-state index is 0.0403. The second-order valence-electron chi connectivity index (χ2n) is 5.97. The quantitative estimate of drug-likeness (QED) is 0.764. The Balaban J connectivity index is 1.74. The van der Waals surface area contributed by atoms with Crippen molar-refractivity contribution >= 4 is 5.91 Å². The molecule has 2 heterocycles. The number of rotatable bonds is 6. The Bertz CT molecular complexity index is 698. The Morgan fingerprint density at radius 1 is 1.38 bits per heavy atom. The highest BCUT2D eigenvalue weighted by molar-refractivity contribution is 5.95. The van der Waals surface area contributed by atoms with Gasteiger partial charge in [0.2, 0.25) is 0 Å². The second-order valence-corrected chi connectivity index (χ2v) is 5.97. The normalized spacial score (nSPS) is 17.2. The monoisotopic (exact) mass is 329 g/mol. The number of aromatic nitrogens is 2. The van der Waals surface area contributed by atoms with Crippen LogP contribution in [0.5, 0.6) is 5.75 Å². The fraction of sp³-hybridized carbons (Fsp3) is 0.444. The van der Waals surface area contributed by atoms with Crippen LogP contribution in [0.3, 0.4) is 0 Å². The molecule has 0 aliphatic carbocycles. The molecule has 1 amide bonds. The van der Waals surface area contributed by atoms with E-state index in [0.717, 1.165) is 24.9 Å². The molecule has 2 aromatic rings. The molecule has 3 rings (SSSR count). The van der Waals surface area contributed by atoms with E-state index in [1.54, 1.807) is 17.9 Å². The number of aryl methyl sites for hydroxylation is 1. The van der Waals surface area contributed by atoms with Crippen molar-refractivity contribution in [2.45, 2.75) is 18.9 Å². The lowest BCUT2D eigenvalue weighted by molar-refractivity contribution is 0.0735. The maximum atomic E-state index is 12.9. The van der Waals surface area contributed by atoms with Crippen LogP contribution in [0.2, 0.25) is 0 Å². The number of methoxy groups -OCH3 is 1. The number of amides is 1. The summed E-state index contributed by atoms with van der Waals surface area (Å²) in [6.45, 7) is 1.76. The van der Waals surface area contributed by atoms with Crippen LogP contribution in [-0.4, -0.2) is 47.5 Å². The van der Waals surface area contributed by atoms with E-state index in [9.17, 15) is 4.79 Å². The molecule has 0 spiro atoms. The van der Waals surface area contributed by atoms with Gasteiger partial charge >= 0.3 is 0 Å². The molecule has 1 aromatic carbocycles. The summed E-state index contributed by atoms with van der Waals surface area (Å²) in [6, 6.07) is 7.45. The number of carbonyl (C=O) groups is 1. The smallest absolute Gasteiger partial charge is 0.254 e. The first kappa shape index (κ1) is 16.5. The van der Waals surface area contributed by atoms with Gasteiger partial charge in [-0.05, 0) is 31.0 Å². The van der Waals surface area contributed by atoms with E-state index in [4.69, 9.17) is 9.47 Å². The third-order valence-electron chi connectivity index (χ3n) is 4.26. The Morgan fingerprint density at radius 3 is 3.00 bits per heavy atom. The van der Waals surface area contributed by atoms with Gasteiger partial charge in [0.15, 0.2) is 0 Å². The predicted molar refractivity (Wildman–Crippen MR) is 90.0 cm³/mol. The molecular weight excluding hydrogens is 306 g/mol. The van der Waals surface area contributed by atoms with Gasteiger partial charge in [0.1, 0.15) is 12.4 Å². The number of hydrogen-bond donors (Lipinski definition) is 0. The van der Waals surface area contributed by atoms with Crippen LogP contribution in [0.25, 0.3) is 0 Å². The third-order valence-corrected chi connectivity index (χ3v) is 4.26. The van der Waals surface area contributed by atoms with Gasteiger partial charge in [-0.2, -0.15) is 5.10 Å². The molecule has 24 heavy (non-hydrogen) atoms. The molecule has 128 valence electrons. The minimum atomic E-state index is 0.0403. The molecule has 0 N–H and O–H groups in total. The summed E-state index contributed by atoms with van der Waals surface area (Å²) in [5, 5.41) is 4.23. The lowest BCUT2D eigenvalue weighted by Gasteiger charge is -2.24. The first-order valence-electron chi connectivity index (χ1n) is 8.20. The van der Waals surface area contributed by atoms with Crippen LogP contribution in [0.15, 0.2) is 36.7 Å². The zero-order chi connectivity index (χ0) is 16.9. The number of hydrogen-bond acceptors (Lipinski definition) is 4. The SMILES string of the molecule is COCCOc1cccc(C(=O)N2CCCC2c2cnn(C)c2)c1. The number of ether oxygens (including phenoxy) is 2. The van der Waals surface area contributed by atoms with E-state index in [-0.39, 0.29) is 11.9 Å². The van der Waals surface area contributed by atoms with Crippen LogP contribution in [0.1, 0.15) is 34.8 Å². The van der Waals surface area contributed by atoms with Crippen molar-refractivity contribution in [2.24, 2.45) is 7.05 Å². The molecule has 0 bridgehead atoms. The third kappa shape index (κ3) is 3.59. The molecular formula is C18H23N3O3. The number of nitrogens with zero attached hydrogens (tertiary/aromatic N) is 3. The van der Waals surface area contributed by atoms with E-state index >= 15 is 0 Å². The fourth-order valence-electron chi connectivity index (χ4n) is 3.10. The summed E-state index contributed by atoms with van der Waals surface area (Å²) in [5.74, 6) is 0.730. The first-order chi connectivity index (χ1) is 11.7. The molecule has 6 nitrogen and oxygen atoms in total. The van der Waals surface area contributed by atoms with E-state index in [0.29, 0.717) is 24.5 Å². The summed E-state index contributed by atoms with van der Waals surface area (Å²) in [6.07, 6.45) is 5.82. The van der Waals surface area contributed by atoms with Crippen LogP contribution in [-0.2, 0) is 11.8 Å². The van der Waals surface area contributed by atoms with E-state index < -0.39 is 0 Å². The van der Waals surface area contributed by atoms with Crippen LogP contribution >= 0.6 is 0 Å². The molecule has 0 radical (unpaired) electrons. The van der Waals surface area contributed by atoms with Crippen molar-refractivity contribution in [3.63, 3.8) is 0 Å². The minimum Gasteiger partial charge on any atom is -0.491 e. The molecule has 1 aromatic heterocycles. The molecule has 6 heteroatoms. The summed E-state index contributed by atoms with van der Waals surface area (Å²) < 4.78 is 12.4. The number of likely N-dealkylation sites (tertiary alicyclic amines) is 1. The van der Waals surface area contributed by atoms with Gasteiger partial charge < -0.3 is 14.4 Å². The molecule has 1 aliphatic heterocycles. The van der Waals surface area contributed by atoms with Gasteiger partial charge in [0.05, 0.1) is 18.8 Å². The van der Waals surface area contributed by atoms with Crippen molar-refractivity contribution < 1.29 is 14.3 Å². The van der Waals surface area contributed by atoms with Gasteiger partial charge in [-0.1, -0.05) is 6.07 Å². The Kier molecular flexibility index (Phi) is 5.15. The van der Waals surface area contributed by atoms with Crippen LogP contribution in [0, 0.1) is 0 Å². The highest BCUT2D eigenvalue weighted by atomic mass is 16.5. The van der Waals surface area contributed by atoms with Crippen LogP contribution in [0.4, 0.5) is 0 Å². The van der Waals surface area contributed by atoms with E-state index in [1.807, 2.05) is 42.5 Å². The van der Waals surface area contributed by atoms with Gasteiger partial charge in [0.25, 0.3) is 5.91 Å². The van der Waals surface area contributed by atoms with Crippen molar-refractivity contribution in [1.82, 2.24) is 14.7 Å². The Morgan fingerprint density at radius 2 is 2.25 bits per heavy atom. The standard InChI is InChI=1S/C18H23N3O3/c1-20-13-15(12-19-20)17-7-4-8-21(17)18(22)14-5-3-6-16(11-14)24-10-9-23-2/h3,5-6,11-13,17H,4,7-10H2,1-2H3. The van der Waals surface area contributed by atoms with Crippen LogP contribution < -0.4 is 4.74 Å². The topological polar surface area (TPSA) is 56.6 Å². The van der Waals surface area contributed by atoms with Gasteiger partial charge in [0, 0.05) is 38.0 Å². The number of benzene rings is 1. The van der Waals surface area contributed by atoms with Crippen molar-refractivity contribution in [3.8, 4) is 5.75 Å². The highest BCUT2D eigenvalue weighted by Crippen LogP contribution is 2.33. The largest absolute Gasteiger partial charge is 0.491 e. The molecule has 1 fully saturated rings. The maximum Gasteiger partial charge on any atom is 0.254 e. The molecule has 1 unspecified atom stereocenters. The zero-order valence-corrected chi connectivity index (χ0v) is 14.1. The lowest BCUT2D eigenvalue weighted by Crippen LogP contribution is -2.30. The molecule has 0 saturated carbocycles. The molecule has 1 aliphatic rings. The summed E-state index contributed by atoms with van der Waals surface area (Å²) in [7, 11) is 3.53. The zero-order valence-electron chi connectivity index (χ0n) is 14.1. The fourth-order valence-corrected chi connectivity index (χ4v) is 3.10. The Labute approximate surface area is 142 Å². The Hall–Kier alpha value is -2.34. The van der Waals surface area contributed by atoms with Crippen molar-refractivity contribution in [3.05, 3.63) is 47.8 Å². The highest BCUT2D eigenvalue weighted by Gasteiger charge is 2.31. The summed E-state index contributed by atoms with van der Waals surface area (Å²) in [5.41, 5.74) is 1.75. The van der Waals surface area contributed by atoms with Gasteiger partial charge in [-0.25, -0.2) is 0 Å². The predicted octanol–water partition coefficient (Wildman–Crippen LogP) is 2.42. The van der Waals surface area contributed by atoms with Crippen molar-refractivity contribution in [2.75, 3.05) is 26.9 Å². The van der Waals surface area contributed by atoms with E-state index in [2.05, 4.69) is 5.10 Å². The van der Waals surface area contributed by atoms with Gasteiger partial charge in [-0.3, -0.25) is 9.48 Å². The maximum absolute atomic E-state index is 12.9. The summed E-state index contributed by atoms with van der Waals surface area (Å²) >= 11 is 0. The second kappa shape index (κ2) is 7.49. The number of carbonyl (C=O) groups excluding carboxylic acids is 1. The average molecular weight is 329 g/mol. The van der Waals surface area contributed by atoms with Crippen molar-refractivity contribution in [1.29, 1.82) is 0 Å². The van der Waals surface area contributed by atoms with E-state index in [1.165, 1.54) is 0 Å². The average Bonchev–Trinajstić information content (AvgIpc) is 3.23. The first-order valence-corrected chi connectivity index (χ1v) is 8.20. The molecule has 1 saturated heterocycles. The summed E-state index contributed by atoms with van der Waals surface area (Å²) in [4.78, 5) is 14.9. The molecule has 1 atom stereocenters. The van der Waals surface area contributed by atoms with Gasteiger partial charge in [-0.15, -0.1) is 0 Å².